The van der Waals surface area contributed by atoms with Crippen molar-refractivity contribution in [1.82, 2.24) is 14.7 Å². The summed E-state index contributed by atoms with van der Waals surface area (Å²) in [7, 11) is 1.75. The lowest BCUT2D eigenvalue weighted by molar-refractivity contribution is 0.0697. The van der Waals surface area contributed by atoms with Crippen molar-refractivity contribution in [1.29, 1.82) is 0 Å². The first-order valence-corrected chi connectivity index (χ1v) is 13.0. The summed E-state index contributed by atoms with van der Waals surface area (Å²) in [6.45, 7) is 5.67. The number of likely N-dealkylation sites (tertiary alicyclic amines) is 1. The van der Waals surface area contributed by atoms with Crippen molar-refractivity contribution >= 4 is 22.5 Å². The number of alkyl halides is 2. The van der Waals surface area contributed by atoms with Crippen LogP contribution in [0.4, 0.5) is 18.9 Å². The third kappa shape index (κ3) is 4.80. The number of allylic oxidation sites excluding steroid dienone is 1. The summed E-state index contributed by atoms with van der Waals surface area (Å²) in [5, 5.41) is 5.27. The predicted octanol–water partition coefficient (Wildman–Crippen LogP) is 7.09. The molecule has 4 aromatic rings. The Hall–Kier alpha value is -4.07. The van der Waals surface area contributed by atoms with Gasteiger partial charge in [0.15, 0.2) is 0 Å². The number of carbonyl (C=O) groups is 1. The number of para-hydroxylation sites is 2. The zero-order valence-electron chi connectivity index (χ0n) is 22.3. The molecule has 5 rings (SSSR count). The fraction of sp³-hybridized carbons (Fsp3) is 0.290. The highest BCUT2D eigenvalue weighted by molar-refractivity contribution is 6.08. The van der Waals surface area contributed by atoms with Gasteiger partial charge >= 0.3 is 6.55 Å². The van der Waals surface area contributed by atoms with Crippen LogP contribution in [0.25, 0.3) is 22.2 Å². The van der Waals surface area contributed by atoms with Crippen LogP contribution in [-0.4, -0.2) is 40.2 Å². The highest BCUT2D eigenvalue weighted by atomic mass is 19.3. The van der Waals surface area contributed by atoms with Gasteiger partial charge in [-0.3, -0.25) is 14.4 Å². The molecule has 202 valence electrons. The first-order chi connectivity index (χ1) is 18.7. The van der Waals surface area contributed by atoms with Gasteiger partial charge in [0.1, 0.15) is 11.5 Å². The average molecular weight is 533 g/mol. The second kappa shape index (κ2) is 10.6. The van der Waals surface area contributed by atoms with Crippen LogP contribution in [0.2, 0.25) is 0 Å². The molecule has 0 radical (unpaired) electrons. The van der Waals surface area contributed by atoms with Crippen LogP contribution in [0.3, 0.4) is 0 Å². The number of aromatic nitrogens is 2. The third-order valence-electron chi connectivity index (χ3n) is 7.68. The molecule has 8 heteroatoms. The Labute approximate surface area is 226 Å². The van der Waals surface area contributed by atoms with E-state index < -0.39 is 6.55 Å². The molecule has 0 saturated carbocycles. The number of aryl methyl sites for hydroxylation is 3. The van der Waals surface area contributed by atoms with Crippen LogP contribution in [0.15, 0.2) is 72.9 Å². The standard InChI is InChI=1S/C31H31F3N4O/c1-19-9-5-6-14-26(19)38(31(33)34)21(3)22-15-17-37(18-16-22)30(39)25-13-8-12-24-28(35-36(4)29(24)25)23-11-7-10-20(2)27(23)32/h5-14,22,31H,3,15-18H2,1-2,4H3. The zero-order valence-corrected chi connectivity index (χ0v) is 22.3. The molecule has 1 aliphatic heterocycles. The Morgan fingerprint density at radius 2 is 1.67 bits per heavy atom. The van der Waals surface area contributed by atoms with E-state index in [-0.39, 0.29) is 17.6 Å². The Kier molecular flexibility index (Phi) is 7.21. The van der Waals surface area contributed by atoms with Gasteiger partial charge in [-0.05, 0) is 56.0 Å². The molecule has 39 heavy (non-hydrogen) atoms. The number of fused-ring (bicyclic) bond motifs is 1. The molecule has 0 spiro atoms. The molecule has 0 aliphatic carbocycles. The number of amides is 1. The molecular weight excluding hydrogens is 501 g/mol. The Morgan fingerprint density at radius 1 is 1.00 bits per heavy atom. The lowest BCUT2D eigenvalue weighted by atomic mass is 9.92. The van der Waals surface area contributed by atoms with Gasteiger partial charge in [-0.25, -0.2) is 4.39 Å². The van der Waals surface area contributed by atoms with Crippen LogP contribution in [0.1, 0.15) is 34.3 Å². The number of nitrogens with zero attached hydrogens (tertiary/aromatic N) is 4. The maximum absolute atomic E-state index is 14.9. The fourth-order valence-corrected chi connectivity index (χ4v) is 5.54. The molecule has 1 saturated heterocycles. The number of piperidine rings is 1. The van der Waals surface area contributed by atoms with E-state index >= 15 is 0 Å². The van der Waals surface area contributed by atoms with E-state index in [1.54, 1.807) is 79.0 Å². The predicted molar refractivity (Wildman–Crippen MR) is 148 cm³/mol. The Balaban J connectivity index is 1.37. The minimum atomic E-state index is -2.71. The monoisotopic (exact) mass is 532 g/mol. The minimum absolute atomic E-state index is 0.159. The van der Waals surface area contributed by atoms with E-state index in [1.165, 1.54) is 0 Å². The van der Waals surface area contributed by atoms with Crippen LogP contribution in [-0.2, 0) is 7.05 Å². The number of benzene rings is 3. The molecule has 1 fully saturated rings. The first kappa shape index (κ1) is 26.5. The number of hydrogen-bond donors (Lipinski definition) is 0. The van der Waals surface area contributed by atoms with Gasteiger partial charge < -0.3 is 4.90 Å². The number of rotatable bonds is 6. The Morgan fingerprint density at radius 3 is 2.36 bits per heavy atom. The highest BCUT2D eigenvalue weighted by Gasteiger charge is 2.32. The fourth-order valence-electron chi connectivity index (χ4n) is 5.54. The minimum Gasteiger partial charge on any atom is -0.339 e. The van der Waals surface area contributed by atoms with E-state index in [4.69, 9.17) is 0 Å². The second-order valence-electron chi connectivity index (χ2n) is 10.1. The molecular formula is C31H31F3N4O. The van der Waals surface area contributed by atoms with Gasteiger partial charge in [0, 0.05) is 48.4 Å². The normalized spacial score (nSPS) is 14.3. The molecule has 2 heterocycles. The van der Waals surface area contributed by atoms with Crippen molar-refractivity contribution in [2.75, 3.05) is 18.0 Å². The van der Waals surface area contributed by atoms with E-state index in [9.17, 15) is 18.0 Å². The SMILES string of the molecule is C=C(C1CCN(C(=O)c2cccc3c(-c4cccc(C)c4F)nn(C)c23)CC1)N(c1ccccc1C)C(F)F. The summed E-state index contributed by atoms with van der Waals surface area (Å²) in [4.78, 5) is 16.4. The van der Waals surface area contributed by atoms with Crippen molar-refractivity contribution < 1.29 is 18.0 Å². The van der Waals surface area contributed by atoms with Gasteiger partial charge in [-0.2, -0.15) is 13.9 Å². The second-order valence-corrected chi connectivity index (χ2v) is 10.1. The van der Waals surface area contributed by atoms with Crippen LogP contribution in [0, 0.1) is 25.6 Å². The van der Waals surface area contributed by atoms with Crippen molar-refractivity contribution in [3.63, 3.8) is 0 Å². The van der Waals surface area contributed by atoms with Crippen LogP contribution >= 0.6 is 0 Å². The van der Waals surface area contributed by atoms with Crippen molar-refractivity contribution in [3.05, 3.63) is 95.4 Å². The third-order valence-corrected chi connectivity index (χ3v) is 7.68. The van der Waals surface area contributed by atoms with Crippen LogP contribution < -0.4 is 4.90 Å². The molecule has 0 N–H and O–H groups in total. The molecule has 1 amide bonds. The maximum atomic E-state index is 14.9. The topological polar surface area (TPSA) is 41.4 Å². The summed E-state index contributed by atoms with van der Waals surface area (Å²) in [6, 6.07) is 17.6. The van der Waals surface area contributed by atoms with Crippen LogP contribution in [0.5, 0.6) is 0 Å². The first-order valence-electron chi connectivity index (χ1n) is 13.0. The lowest BCUT2D eigenvalue weighted by Gasteiger charge is -2.37. The van der Waals surface area contributed by atoms with E-state index in [2.05, 4.69) is 11.7 Å². The van der Waals surface area contributed by atoms with Gasteiger partial charge in [0.2, 0.25) is 0 Å². The maximum Gasteiger partial charge on any atom is 0.319 e. The molecule has 1 aliphatic rings. The zero-order chi connectivity index (χ0) is 27.8. The molecule has 0 unspecified atom stereocenters. The highest BCUT2D eigenvalue weighted by Crippen LogP contribution is 2.36. The van der Waals surface area contributed by atoms with E-state index in [0.29, 0.717) is 70.6 Å². The average Bonchev–Trinajstić information content (AvgIpc) is 3.27. The van der Waals surface area contributed by atoms with Crippen molar-refractivity contribution in [3.8, 4) is 11.3 Å². The van der Waals surface area contributed by atoms with E-state index in [0.717, 1.165) is 10.5 Å². The largest absolute Gasteiger partial charge is 0.339 e. The van der Waals surface area contributed by atoms with Crippen molar-refractivity contribution in [2.45, 2.75) is 33.2 Å². The molecule has 1 aromatic heterocycles. The number of halogens is 3. The number of carbonyl (C=O) groups excluding carboxylic acids is 1. The van der Waals surface area contributed by atoms with Gasteiger partial charge in [-0.1, -0.05) is 49.0 Å². The smallest absolute Gasteiger partial charge is 0.319 e. The summed E-state index contributed by atoms with van der Waals surface area (Å²) in [5.74, 6) is -0.667. The summed E-state index contributed by atoms with van der Waals surface area (Å²) >= 11 is 0. The van der Waals surface area contributed by atoms with Gasteiger partial charge in [0.25, 0.3) is 5.91 Å². The number of anilines is 1. The van der Waals surface area contributed by atoms with Crippen molar-refractivity contribution in [2.24, 2.45) is 13.0 Å². The van der Waals surface area contributed by atoms with E-state index in [1.807, 2.05) is 12.1 Å². The van der Waals surface area contributed by atoms with Gasteiger partial charge in [0.05, 0.1) is 11.1 Å². The number of hydrogen-bond acceptors (Lipinski definition) is 3. The molecule has 0 atom stereocenters. The molecule has 5 nitrogen and oxygen atoms in total. The molecule has 0 bridgehead atoms. The lowest BCUT2D eigenvalue weighted by Crippen LogP contribution is -2.41. The summed E-state index contributed by atoms with van der Waals surface area (Å²) in [5.41, 5.74) is 4.08. The quantitative estimate of drug-likeness (QED) is 0.249. The molecule has 3 aromatic carbocycles. The van der Waals surface area contributed by atoms with Gasteiger partial charge in [-0.15, -0.1) is 0 Å². The Bertz CT molecular complexity index is 1550. The summed E-state index contributed by atoms with van der Waals surface area (Å²) < 4.78 is 44.8. The summed E-state index contributed by atoms with van der Waals surface area (Å²) in [6.07, 6.45) is 1.06.